The van der Waals surface area contributed by atoms with Gasteiger partial charge in [0, 0.05) is 5.54 Å². The molecule has 0 unspecified atom stereocenters. The van der Waals surface area contributed by atoms with Crippen molar-refractivity contribution in [2.24, 2.45) is 5.73 Å². The zero-order valence-electron chi connectivity index (χ0n) is 12.6. The van der Waals surface area contributed by atoms with Crippen LogP contribution in [-0.4, -0.2) is 18.6 Å². The van der Waals surface area contributed by atoms with Gasteiger partial charge in [0.15, 0.2) is 0 Å². The maximum Gasteiger partial charge on any atom is 0.0137 e. The molecule has 0 atom stereocenters. The van der Waals surface area contributed by atoms with Crippen molar-refractivity contribution in [3.8, 4) is 0 Å². The van der Waals surface area contributed by atoms with Gasteiger partial charge in [0.05, 0.1) is 0 Å². The summed E-state index contributed by atoms with van der Waals surface area (Å²) in [7, 11) is 0. The van der Waals surface area contributed by atoms with Crippen LogP contribution in [0.15, 0.2) is 12.1 Å². The van der Waals surface area contributed by atoms with Gasteiger partial charge in [0.25, 0.3) is 0 Å². The molecule has 0 aliphatic heterocycles. The smallest absolute Gasteiger partial charge is 0.0137 e. The first-order valence-electron chi connectivity index (χ1n) is 6.87. The fraction of sp³-hybridized carbons (Fsp3) is 0.625. The van der Waals surface area contributed by atoms with Gasteiger partial charge in [0.1, 0.15) is 0 Å². The summed E-state index contributed by atoms with van der Waals surface area (Å²) in [5.74, 6) is 0. The predicted molar refractivity (Wildman–Crippen MR) is 80.1 cm³/mol. The second kappa shape index (κ2) is 6.35. The van der Waals surface area contributed by atoms with Crippen LogP contribution in [-0.2, 0) is 6.42 Å². The van der Waals surface area contributed by atoms with Crippen molar-refractivity contribution in [1.82, 2.24) is 5.32 Å². The summed E-state index contributed by atoms with van der Waals surface area (Å²) in [5, 5.41) is 3.59. The molecule has 1 rings (SSSR count). The molecule has 18 heavy (non-hydrogen) atoms. The molecular formula is C16H28N2. The quantitative estimate of drug-likeness (QED) is 0.812. The van der Waals surface area contributed by atoms with Gasteiger partial charge < -0.3 is 11.1 Å². The molecule has 0 aliphatic carbocycles. The number of aryl methyl sites for hydroxylation is 3. The van der Waals surface area contributed by atoms with Crippen LogP contribution in [0.25, 0.3) is 0 Å². The zero-order chi connectivity index (χ0) is 13.8. The van der Waals surface area contributed by atoms with Gasteiger partial charge in [-0.15, -0.1) is 0 Å². The van der Waals surface area contributed by atoms with Crippen molar-refractivity contribution in [2.75, 3.05) is 13.1 Å². The third-order valence-corrected chi connectivity index (χ3v) is 3.72. The lowest BCUT2D eigenvalue weighted by atomic mass is 9.97. The van der Waals surface area contributed by atoms with E-state index in [4.69, 9.17) is 5.73 Å². The van der Waals surface area contributed by atoms with E-state index in [-0.39, 0.29) is 5.54 Å². The van der Waals surface area contributed by atoms with E-state index < -0.39 is 0 Å². The molecular weight excluding hydrogens is 220 g/mol. The molecule has 0 saturated carbocycles. The van der Waals surface area contributed by atoms with Crippen LogP contribution in [0.5, 0.6) is 0 Å². The van der Waals surface area contributed by atoms with Crippen LogP contribution >= 0.6 is 0 Å². The summed E-state index contributed by atoms with van der Waals surface area (Å²) < 4.78 is 0. The number of hydrogen-bond donors (Lipinski definition) is 2. The molecule has 102 valence electrons. The average Bonchev–Trinajstić information content (AvgIpc) is 2.25. The Balaban J connectivity index is 2.57. The topological polar surface area (TPSA) is 38.0 Å². The molecule has 0 bridgehead atoms. The third-order valence-electron chi connectivity index (χ3n) is 3.72. The average molecular weight is 248 g/mol. The van der Waals surface area contributed by atoms with E-state index in [0.717, 1.165) is 25.9 Å². The van der Waals surface area contributed by atoms with Gasteiger partial charge in [-0.2, -0.15) is 0 Å². The summed E-state index contributed by atoms with van der Waals surface area (Å²) in [6.45, 7) is 12.7. The van der Waals surface area contributed by atoms with E-state index in [1.54, 1.807) is 0 Å². The van der Waals surface area contributed by atoms with Crippen LogP contribution < -0.4 is 11.1 Å². The number of nitrogens with two attached hydrogens (primary N) is 1. The Kier molecular flexibility index (Phi) is 5.36. The Bertz CT molecular complexity index is 394. The van der Waals surface area contributed by atoms with Crippen LogP contribution in [0.4, 0.5) is 0 Å². The van der Waals surface area contributed by atoms with Gasteiger partial charge in [-0.1, -0.05) is 12.1 Å². The third kappa shape index (κ3) is 4.43. The lowest BCUT2D eigenvalue weighted by Crippen LogP contribution is -2.42. The van der Waals surface area contributed by atoms with Crippen molar-refractivity contribution >= 4 is 0 Å². The minimum Gasteiger partial charge on any atom is -0.330 e. The number of hydrogen-bond acceptors (Lipinski definition) is 2. The van der Waals surface area contributed by atoms with E-state index in [0.29, 0.717) is 0 Å². The van der Waals surface area contributed by atoms with E-state index in [1.165, 1.54) is 22.3 Å². The highest BCUT2D eigenvalue weighted by Crippen LogP contribution is 2.16. The summed E-state index contributed by atoms with van der Waals surface area (Å²) in [5.41, 5.74) is 11.4. The fourth-order valence-corrected chi connectivity index (χ4v) is 2.27. The SMILES string of the molecule is Cc1cc(C)c(CCNC(C)(C)CCN)cc1C. The van der Waals surface area contributed by atoms with E-state index in [1.807, 2.05) is 0 Å². The molecule has 3 N–H and O–H groups in total. The lowest BCUT2D eigenvalue weighted by Gasteiger charge is -2.26. The molecule has 0 aliphatic rings. The largest absolute Gasteiger partial charge is 0.330 e. The predicted octanol–water partition coefficient (Wildman–Crippen LogP) is 2.87. The molecule has 0 amide bonds. The fourth-order valence-electron chi connectivity index (χ4n) is 2.27. The Morgan fingerprint density at radius 3 is 2.28 bits per heavy atom. The highest BCUT2D eigenvalue weighted by atomic mass is 14.9. The second-order valence-corrected chi connectivity index (χ2v) is 5.96. The molecule has 1 aromatic carbocycles. The monoisotopic (exact) mass is 248 g/mol. The molecule has 0 spiro atoms. The minimum absolute atomic E-state index is 0.141. The molecule has 0 saturated heterocycles. The molecule has 2 nitrogen and oxygen atoms in total. The summed E-state index contributed by atoms with van der Waals surface area (Å²) >= 11 is 0. The summed E-state index contributed by atoms with van der Waals surface area (Å²) in [4.78, 5) is 0. The second-order valence-electron chi connectivity index (χ2n) is 5.96. The van der Waals surface area contributed by atoms with Crippen molar-refractivity contribution in [2.45, 2.75) is 53.0 Å². The van der Waals surface area contributed by atoms with Crippen LogP contribution in [0.2, 0.25) is 0 Å². The Morgan fingerprint density at radius 1 is 1.06 bits per heavy atom. The van der Waals surface area contributed by atoms with Crippen LogP contribution in [0.3, 0.4) is 0 Å². The zero-order valence-corrected chi connectivity index (χ0v) is 12.6. The number of nitrogens with one attached hydrogen (secondary N) is 1. The van der Waals surface area contributed by atoms with Gasteiger partial charge in [-0.3, -0.25) is 0 Å². The highest BCUT2D eigenvalue weighted by molar-refractivity contribution is 5.36. The van der Waals surface area contributed by atoms with Gasteiger partial charge >= 0.3 is 0 Å². The van der Waals surface area contributed by atoms with Gasteiger partial charge in [0.2, 0.25) is 0 Å². The Hall–Kier alpha value is -0.860. The summed E-state index contributed by atoms with van der Waals surface area (Å²) in [6, 6.07) is 4.61. The van der Waals surface area contributed by atoms with Crippen molar-refractivity contribution < 1.29 is 0 Å². The minimum atomic E-state index is 0.141. The normalized spacial score (nSPS) is 11.9. The van der Waals surface area contributed by atoms with Crippen molar-refractivity contribution in [3.05, 3.63) is 34.4 Å². The van der Waals surface area contributed by atoms with Gasteiger partial charge in [-0.25, -0.2) is 0 Å². The standard InChI is InChI=1S/C16H28N2/c1-12-10-14(3)15(11-13(12)2)6-9-18-16(4,5)7-8-17/h10-11,18H,6-9,17H2,1-5H3. The maximum atomic E-state index is 5.62. The van der Waals surface area contributed by atoms with E-state index in [2.05, 4.69) is 52.1 Å². The molecule has 0 radical (unpaired) electrons. The molecule has 0 heterocycles. The maximum absolute atomic E-state index is 5.62. The Morgan fingerprint density at radius 2 is 1.67 bits per heavy atom. The van der Waals surface area contributed by atoms with E-state index >= 15 is 0 Å². The van der Waals surface area contributed by atoms with Crippen molar-refractivity contribution in [1.29, 1.82) is 0 Å². The van der Waals surface area contributed by atoms with Gasteiger partial charge in [-0.05, 0) is 82.8 Å². The molecule has 1 aromatic rings. The number of benzene rings is 1. The van der Waals surface area contributed by atoms with Crippen LogP contribution in [0, 0.1) is 20.8 Å². The molecule has 2 heteroatoms. The lowest BCUT2D eigenvalue weighted by molar-refractivity contribution is 0.370. The molecule has 0 fully saturated rings. The summed E-state index contributed by atoms with van der Waals surface area (Å²) in [6.07, 6.45) is 2.10. The first-order valence-corrected chi connectivity index (χ1v) is 6.87. The Labute approximate surface area is 112 Å². The van der Waals surface area contributed by atoms with Crippen LogP contribution in [0.1, 0.15) is 42.5 Å². The number of rotatable bonds is 6. The van der Waals surface area contributed by atoms with Crippen molar-refractivity contribution in [3.63, 3.8) is 0 Å². The van der Waals surface area contributed by atoms with E-state index in [9.17, 15) is 0 Å². The molecule has 0 aromatic heterocycles. The first kappa shape index (κ1) is 15.2. The first-order chi connectivity index (χ1) is 8.35. The highest BCUT2D eigenvalue weighted by Gasteiger charge is 2.15.